The second-order valence-electron chi connectivity index (χ2n) is 5.10. The average molecular weight is 302 g/mol. The second kappa shape index (κ2) is 4.03. The van der Waals surface area contributed by atoms with Gasteiger partial charge in [0.15, 0.2) is 5.60 Å². The summed E-state index contributed by atoms with van der Waals surface area (Å²) in [5.74, 6) is -3.65. The minimum atomic E-state index is -5.23. The van der Waals surface area contributed by atoms with E-state index in [1.165, 1.54) is 0 Å². The number of amides is 1. The first-order valence-corrected chi connectivity index (χ1v) is 5.68. The molecule has 1 saturated heterocycles. The summed E-state index contributed by atoms with van der Waals surface area (Å²) < 4.78 is 66.7. The Kier molecular flexibility index (Phi) is 3.01. The minimum Gasteiger partial charge on any atom is -0.442 e. The number of hydrogen-bond acceptors (Lipinski definition) is 4. The fourth-order valence-electron chi connectivity index (χ4n) is 1.70. The Hall–Kier alpha value is -1.45. The SMILES string of the molecule is C[C@]1(NC(=O)C2(OC(=O)C(F)(F)F)CC2)CNC1(F)F. The van der Waals surface area contributed by atoms with Gasteiger partial charge in [-0.3, -0.25) is 10.1 Å². The molecule has 114 valence electrons. The molecule has 2 fully saturated rings. The lowest BCUT2D eigenvalue weighted by Gasteiger charge is -2.47. The van der Waals surface area contributed by atoms with Crippen molar-refractivity contribution < 1.29 is 36.3 Å². The van der Waals surface area contributed by atoms with E-state index in [0.29, 0.717) is 0 Å². The summed E-state index contributed by atoms with van der Waals surface area (Å²) in [7, 11) is 0. The molecular weight excluding hydrogens is 291 g/mol. The smallest absolute Gasteiger partial charge is 0.442 e. The summed E-state index contributed by atoms with van der Waals surface area (Å²) in [6.45, 7) is 0.804. The third-order valence-corrected chi connectivity index (χ3v) is 3.38. The molecule has 20 heavy (non-hydrogen) atoms. The van der Waals surface area contributed by atoms with Gasteiger partial charge in [-0.15, -0.1) is 0 Å². The van der Waals surface area contributed by atoms with Crippen LogP contribution in [-0.4, -0.2) is 41.8 Å². The monoisotopic (exact) mass is 302 g/mol. The lowest BCUT2D eigenvalue weighted by molar-refractivity contribution is -0.209. The number of hydrogen-bond donors (Lipinski definition) is 2. The van der Waals surface area contributed by atoms with Gasteiger partial charge in [0.05, 0.1) is 0 Å². The Morgan fingerprint density at radius 3 is 2.10 bits per heavy atom. The molecular formula is C10H11F5N2O3. The first-order chi connectivity index (χ1) is 8.92. The Morgan fingerprint density at radius 1 is 1.25 bits per heavy atom. The molecule has 10 heteroatoms. The van der Waals surface area contributed by atoms with Crippen LogP contribution in [0.2, 0.25) is 0 Å². The number of halogens is 5. The number of alkyl halides is 5. The van der Waals surface area contributed by atoms with Crippen LogP contribution in [0.15, 0.2) is 0 Å². The van der Waals surface area contributed by atoms with E-state index < -0.39 is 35.2 Å². The van der Waals surface area contributed by atoms with Gasteiger partial charge in [0.2, 0.25) is 0 Å². The van der Waals surface area contributed by atoms with Gasteiger partial charge in [-0.2, -0.15) is 22.0 Å². The zero-order chi connectivity index (χ0) is 15.4. The van der Waals surface area contributed by atoms with Crippen LogP contribution in [0.5, 0.6) is 0 Å². The quantitative estimate of drug-likeness (QED) is 0.457. The van der Waals surface area contributed by atoms with E-state index in [-0.39, 0.29) is 19.4 Å². The average Bonchev–Trinajstić information content (AvgIpc) is 3.07. The second-order valence-corrected chi connectivity index (χ2v) is 5.10. The molecule has 0 radical (unpaired) electrons. The Labute approximate surface area is 109 Å². The summed E-state index contributed by atoms with van der Waals surface area (Å²) in [5.41, 5.74) is -3.90. The lowest BCUT2D eigenvalue weighted by Crippen LogP contribution is -2.79. The highest BCUT2D eigenvalue weighted by atomic mass is 19.4. The van der Waals surface area contributed by atoms with Crippen molar-refractivity contribution >= 4 is 11.9 Å². The van der Waals surface area contributed by atoms with Crippen LogP contribution < -0.4 is 10.6 Å². The molecule has 2 N–H and O–H groups in total. The molecule has 2 aliphatic rings. The molecule has 1 heterocycles. The number of ether oxygens (including phenoxy) is 1. The van der Waals surface area contributed by atoms with Crippen LogP contribution in [0.25, 0.3) is 0 Å². The third-order valence-electron chi connectivity index (χ3n) is 3.38. The zero-order valence-electron chi connectivity index (χ0n) is 10.2. The first-order valence-electron chi connectivity index (χ1n) is 5.68. The Morgan fingerprint density at radius 2 is 1.80 bits per heavy atom. The van der Waals surface area contributed by atoms with Gasteiger partial charge < -0.3 is 10.1 Å². The molecule has 0 aromatic rings. The van der Waals surface area contributed by atoms with Crippen LogP contribution in [0.1, 0.15) is 19.8 Å². The van der Waals surface area contributed by atoms with Gasteiger partial charge in [-0.25, -0.2) is 4.79 Å². The molecule has 1 aliphatic carbocycles. The summed E-state index contributed by atoms with van der Waals surface area (Å²) >= 11 is 0. The van der Waals surface area contributed by atoms with E-state index in [9.17, 15) is 31.5 Å². The van der Waals surface area contributed by atoms with Crippen molar-refractivity contribution in [2.75, 3.05) is 6.54 Å². The van der Waals surface area contributed by atoms with E-state index >= 15 is 0 Å². The molecule has 1 aliphatic heterocycles. The topological polar surface area (TPSA) is 67.4 Å². The van der Waals surface area contributed by atoms with Crippen molar-refractivity contribution in [2.24, 2.45) is 0 Å². The molecule has 1 atom stereocenters. The number of nitrogens with one attached hydrogen (secondary N) is 2. The number of esters is 1. The van der Waals surface area contributed by atoms with Crippen molar-refractivity contribution in [2.45, 2.75) is 43.1 Å². The summed E-state index contributed by atoms with van der Waals surface area (Å²) in [6.07, 6.45) is -5.49. The Balaban J connectivity index is 2.01. The van der Waals surface area contributed by atoms with Crippen LogP contribution in [-0.2, 0) is 14.3 Å². The normalized spacial score (nSPS) is 30.1. The van der Waals surface area contributed by atoms with Crippen molar-refractivity contribution in [1.29, 1.82) is 0 Å². The van der Waals surface area contributed by atoms with E-state index in [1.54, 1.807) is 5.32 Å². The lowest BCUT2D eigenvalue weighted by atomic mass is 9.90. The van der Waals surface area contributed by atoms with Gasteiger partial charge in [0.1, 0.15) is 5.54 Å². The van der Waals surface area contributed by atoms with Crippen LogP contribution in [0.3, 0.4) is 0 Å². The fraction of sp³-hybridized carbons (Fsp3) is 0.800. The molecule has 1 saturated carbocycles. The molecule has 2 rings (SSSR count). The maximum atomic E-state index is 13.2. The van der Waals surface area contributed by atoms with Gasteiger partial charge in [-0.1, -0.05) is 0 Å². The van der Waals surface area contributed by atoms with Crippen molar-refractivity contribution in [3.05, 3.63) is 0 Å². The highest BCUT2D eigenvalue weighted by molar-refractivity contribution is 5.92. The molecule has 0 unspecified atom stereocenters. The van der Waals surface area contributed by atoms with Crippen LogP contribution in [0, 0.1) is 0 Å². The predicted octanol–water partition coefficient (Wildman–Crippen LogP) is 0.695. The molecule has 0 aromatic carbocycles. The van der Waals surface area contributed by atoms with Crippen molar-refractivity contribution in [1.82, 2.24) is 10.6 Å². The first kappa shape index (κ1) is 14.9. The third kappa shape index (κ3) is 2.32. The molecule has 0 aromatic heterocycles. The van der Waals surface area contributed by atoms with Crippen molar-refractivity contribution in [3.8, 4) is 0 Å². The van der Waals surface area contributed by atoms with Crippen molar-refractivity contribution in [3.63, 3.8) is 0 Å². The summed E-state index contributed by atoms with van der Waals surface area (Å²) in [5, 5.41) is 3.73. The zero-order valence-corrected chi connectivity index (χ0v) is 10.2. The van der Waals surface area contributed by atoms with E-state index in [2.05, 4.69) is 4.74 Å². The maximum absolute atomic E-state index is 13.2. The molecule has 0 spiro atoms. The highest BCUT2D eigenvalue weighted by Gasteiger charge is 2.64. The largest absolute Gasteiger partial charge is 0.490 e. The molecule has 1 amide bonds. The number of rotatable bonds is 3. The molecule has 5 nitrogen and oxygen atoms in total. The summed E-state index contributed by atoms with van der Waals surface area (Å²) in [6, 6.07) is -3.37. The molecule has 0 bridgehead atoms. The number of carbonyl (C=O) groups is 2. The minimum absolute atomic E-state index is 0.129. The van der Waals surface area contributed by atoms with Crippen LogP contribution >= 0.6 is 0 Å². The maximum Gasteiger partial charge on any atom is 0.490 e. The van der Waals surface area contributed by atoms with Gasteiger partial charge in [0.25, 0.3) is 5.91 Å². The number of carbonyl (C=O) groups excluding carboxylic acids is 2. The summed E-state index contributed by atoms with van der Waals surface area (Å²) in [4.78, 5) is 22.5. The van der Waals surface area contributed by atoms with E-state index in [1.807, 2.05) is 5.32 Å². The fourth-order valence-corrected chi connectivity index (χ4v) is 1.70. The van der Waals surface area contributed by atoms with E-state index in [0.717, 1.165) is 6.92 Å². The standard InChI is InChI=1S/C10H11F5N2O3/c1-7(4-16-10(7,14)15)17-5(18)8(2-3-8)20-6(19)9(11,12)13/h16H,2-4H2,1H3,(H,17,18)/t7-/m0/s1. The Bertz CT molecular complexity index is 460. The van der Waals surface area contributed by atoms with E-state index in [4.69, 9.17) is 0 Å². The van der Waals surface area contributed by atoms with Crippen LogP contribution in [0.4, 0.5) is 22.0 Å². The van der Waals surface area contributed by atoms with Gasteiger partial charge >= 0.3 is 18.2 Å². The predicted molar refractivity (Wildman–Crippen MR) is 53.6 cm³/mol. The van der Waals surface area contributed by atoms with Gasteiger partial charge in [-0.05, 0) is 6.92 Å². The highest BCUT2D eigenvalue weighted by Crippen LogP contribution is 2.43. The van der Waals surface area contributed by atoms with Gasteiger partial charge in [0, 0.05) is 19.4 Å².